The molecule has 5 heterocycles. The molecule has 3 unspecified atom stereocenters. The molecule has 5 N–H and O–H groups in total. The summed E-state index contributed by atoms with van der Waals surface area (Å²) >= 11 is 0. The first-order chi connectivity index (χ1) is 28.7. The highest BCUT2D eigenvalue weighted by atomic mass is 16.5. The highest BCUT2D eigenvalue weighted by Crippen LogP contribution is 2.69. The summed E-state index contributed by atoms with van der Waals surface area (Å²) in [5, 5.41) is 37.9. The van der Waals surface area contributed by atoms with E-state index in [1.54, 1.807) is 7.11 Å². The van der Waals surface area contributed by atoms with E-state index in [-0.39, 0.29) is 29.8 Å². The molecule has 14 heteroatoms. The molecule has 2 aromatic rings. The average Bonchev–Trinajstić information content (AvgIpc) is 3.92. The minimum absolute atomic E-state index is 0.0231. The van der Waals surface area contributed by atoms with E-state index in [0.29, 0.717) is 63.8 Å². The Bertz CT molecular complexity index is 2070. The molecule has 2 aromatic carbocycles. The van der Waals surface area contributed by atoms with Gasteiger partial charge in [-0.05, 0) is 118 Å². The molecular weight excluding hydrogens is 767 g/mol. The van der Waals surface area contributed by atoms with Gasteiger partial charge < -0.3 is 39.3 Å². The van der Waals surface area contributed by atoms with Crippen LogP contribution in [-0.2, 0) is 36.3 Å². The maximum Gasteiger partial charge on any atom is 0.425 e. The Hall–Kier alpha value is -3.95. The minimum atomic E-state index is -2.39. The van der Waals surface area contributed by atoms with Crippen molar-refractivity contribution >= 4 is 23.7 Å². The van der Waals surface area contributed by atoms with Gasteiger partial charge in [0.1, 0.15) is 17.3 Å². The number of hydrazine groups is 1. The van der Waals surface area contributed by atoms with Crippen molar-refractivity contribution in [1.29, 1.82) is 0 Å². The predicted octanol–water partition coefficient (Wildman–Crippen LogP) is 3.13. The van der Waals surface area contributed by atoms with E-state index < -0.39 is 51.6 Å². The Morgan fingerprint density at radius 1 is 0.917 bits per heavy atom. The summed E-state index contributed by atoms with van der Waals surface area (Å²) < 4.78 is 17.2. The zero-order chi connectivity index (χ0) is 42.6. The van der Waals surface area contributed by atoms with E-state index >= 15 is 4.79 Å². The molecule has 0 aromatic heterocycles. The molecule has 0 radical (unpaired) electrons. The summed E-state index contributed by atoms with van der Waals surface area (Å²) in [5.41, 5.74) is 3.22. The number of amides is 2. The molecule has 5 fully saturated rings. The van der Waals surface area contributed by atoms with Crippen LogP contribution in [0.5, 0.6) is 5.75 Å². The van der Waals surface area contributed by atoms with E-state index in [9.17, 15) is 24.9 Å². The third-order valence-corrected chi connectivity index (χ3v) is 17.0. The number of nitrogens with one attached hydrogen (secondary N) is 2. The molecule has 14 nitrogen and oxygen atoms in total. The molecule has 2 aliphatic carbocycles. The fraction of sp³-hybridized carbons (Fsp3) is 0.674. The number of anilines is 1. The first kappa shape index (κ1) is 41.4. The van der Waals surface area contributed by atoms with Crippen LogP contribution in [0.4, 0.5) is 10.5 Å². The number of fused-ring (bicyclic) bond motifs is 6. The van der Waals surface area contributed by atoms with Gasteiger partial charge in [0, 0.05) is 54.3 Å². The number of piperidine rings is 2. The van der Waals surface area contributed by atoms with Gasteiger partial charge in [-0.2, -0.15) is 0 Å². The summed E-state index contributed by atoms with van der Waals surface area (Å²) in [5.74, 6) is -0.955. The molecule has 7 aliphatic rings. The number of likely N-dealkylation sites (N-methyl/N-ethyl adjacent to an activating group) is 1. The second-order valence-corrected chi connectivity index (χ2v) is 19.3. The van der Waals surface area contributed by atoms with E-state index in [1.165, 1.54) is 25.3 Å². The third-order valence-electron chi connectivity index (χ3n) is 17.0. The van der Waals surface area contributed by atoms with Gasteiger partial charge >= 0.3 is 12.1 Å². The number of ether oxygens (including phenoxy) is 3. The van der Waals surface area contributed by atoms with Crippen molar-refractivity contribution in [3.63, 3.8) is 0 Å². The standard InChI is InChI=1S/C46H63N5O9/c1-7-42(56)23-27-24-45(40(54)59-5,31-20-28-12-9-10-13-29(28)30(31)14-18-50(25-27)26-42)33-21-32-34(22-35(33)58-4)49(3)37-44(32)16-19-51-17-11-15-43(8-2,36(44)51)38(52)46(37,57)39(53)47-48-41(55)60-6/h9-10,12-13,21-22,27,30-31,36-38,52,56-57H,7-8,11,14-20,23-26H2,1-6H3,(H,47,53)(H,48,55)/t27-,30?,31?,36+,37-,38-,42+,43-,44-,45-,46+/m1/s1. The molecule has 60 heavy (non-hydrogen) atoms. The van der Waals surface area contributed by atoms with Crippen molar-refractivity contribution in [2.24, 2.45) is 17.3 Å². The molecule has 2 amide bonds. The van der Waals surface area contributed by atoms with Crippen LogP contribution in [-0.4, -0.2) is 134 Å². The van der Waals surface area contributed by atoms with Gasteiger partial charge in [-0.1, -0.05) is 38.1 Å². The number of nitrogens with zero attached hydrogens (tertiary/aromatic N) is 3. The fourth-order valence-electron chi connectivity index (χ4n) is 14.8. The number of aliphatic hydroxyl groups excluding tert-OH is 1. The molecule has 12 atom stereocenters. The Labute approximate surface area is 352 Å². The molecule has 4 saturated heterocycles. The number of rotatable bonds is 6. The summed E-state index contributed by atoms with van der Waals surface area (Å²) in [7, 11) is 6.12. The molecule has 326 valence electrons. The largest absolute Gasteiger partial charge is 0.496 e. The van der Waals surface area contributed by atoms with Crippen molar-refractivity contribution < 1.29 is 43.9 Å². The van der Waals surface area contributed by atoms with Crippen LogP contribution < -0.4 is 20.5 Å². The van der Waals surface area contributed by atoms with Crippen LogP contribution in [0.15, 0.2) is 36.4 Å². The normalized spacial score (nSPS) is 40.0. The number of carbonyl (C=O) groups is 3. The molecule has 2 bridgehead atoms. The van der Waals surface area contributed by atoms with Crippen LogP contribution in [0.25, 0.3) is 0 Å². The third kappa shape index (κ3) is 5.45. The van der Waals surface area contributed by atoms with Gasteiger partial charge in [0.25, 0.3) is 5.91 Å². The number of benzene rings is 2. The summed E-state index contributed by atoms with van der Waals surface area (Å²) in [6, 6.07) is 11.5. The zero-order valence-electron chi connectivity index (χ0n) is 36.0. The van der Waals surface area contributed by atoms with Crippen molar-refractivity contribution in [3.8, 4) is 5.75 Å². The molecule has 1 saturated carbocycles. The smallest absolute Gasteiger partial charge is 0.425 e. The van der Waals surface area contributed by atoms with E-state index in [4.69, 9.17) is 14.2 Å². The topological polar surface area (TPSA) is 173 Å². The van der Waals surface area contributed by atoms with Gasteiger partial charge in [0.15, 0.2) is 5.60 Å². The minimum Gasteiger partial charge on any atom is -0.496 e. The van der Waals surface area contributed by atoms with Gasteiger partial charge in [-0.3, -0.25) is 19.9 Å². The number of methoxy groups -OCH3 is 3. The zero-order valence-corrected chi connectivity index (χ0v) is 36.0. The maximum atomic E-state index is 15.4. The first-order valence-corrected chi connectivity index (χ1v) is 22.1. The second kappa shape index (κ2) is 14.6. The lowest BCUT2D eigenvalue weighted by atomic mass is 9.46. The average molecular weight is 830 g/mol. The van der Waals surface area contributed by atoms with Crippen molar-refractivity contribution in [3.05, 3.63) is 58.7 Å². The van der Waals surface area contributed by atoms with Crippen molar-refractivity contribution in [2.75, 3.05) is 66.0 Å². The maximum absolute atomic E-state index is 15.4. The summed E-state index contributed by atoms with van der Waals surface area (Å²) in [6.07, 6.45) is 3.14. The molecule has 1 spiro atoms. The lowest BCUT2D eigenvalue weighted by molar-refractivity contribution is -0.222. The number of hydrogen-bond acceptors (Lipinski definition) is 12. The lowest BCUT2D eigenvalue weighted by Crippen LogP contribution is -2.82. The molecular formula is C46H63N5O9. The van der Waals surface area contributed by atoms with E-state index in [1.807, 2.05) is 31.9 Å². The van der Waals surface area contributed by atoms with Gasteiger partial charge in [-0.25, -0.2) is 10.2 Å². The van der Waals surface area contributed by atoms with Gasteiger partial charge in [0.05, 0.1) is 33.0 Å². The first-order valence-electron chi connectivity index (χ1n) is 22.1. The van der Waals surface area contributed by atoms with E-state index in [0.717, 1.165) is 49.3 Å². The van der Waals surface area contributed by atoms with E-state index in [2.05, 4.69) is 51.0 Å². The van der Waals surface area contributed by atoms with Crippen LogP contribution in [0, 0.1) is 17.3 Å². The van der Waals surface area contributed by atoms with Crippen LogP contribution in [0.2, 0.25) is 0 Å². The lowest BCUT2D eigenvalue weighted by Gasteiger charge is -2.64. The van der Waals surface area contributed by atoms with Crippen molar-refractivity contribution in [1.82, 2.24) is 20.7 Å². The van der Waals surface area contributed by atoms with Crippen LogP contribution in [0.3, 0.4) is 0 Å². The number of aliphatic hydroxyl groups is 3. The second-order valence-electron chi connectivity index (χ2n) is 19.3. The summed E-state index contributed by atoms with van der Waals surface area (Å²) in [6.45, 7) is 7.71. The number of hydrogen-bond donors (Lipinski definition) is 5. The van der Waals surface area contributed by atoms with Crippen LogP contribution in [0.1, 0.15) is 93.4 Å². The molecule has 9 rings (SSSR count). The Kier molecular flexibility index (Phi) is 10.1. The SMILES string of the molecule is CC[C@]1(O)C[C@H]2CN(CCC3c4ccccc4CC3[C@@](C(=O)OC)(c3cc4c(cc3OC)N(C)[C@H]3[C@@](O)(C(=O)NNC(=O)OC)[C@H](O)[C@]5(CC)CCCN6CC[C@]43[C@@H]65)C2)C1. The summed E-state index contributed by atoms with van der Waals surface area (Å²) in [4.78, 5) is 49.0. The van der Waals surface area contributed by atoms with Crippen LogP contribution >= 0.6 is 0 Å². The van der Waals surface area contributed by atoms with Gasteiger partial charge in [0.2, 0.25) is 0 Å². The Morgan fingerprint density at radius 3 is 2.42 bits per heavy atom. The Balaban J connectivity index is 1.30. The highest BCUT2D eigenvalue weighted by molar-refractivity contribution is 5.92. The quantitative estimate of drug-likeness (QED) is 0.213. The molecule has 5 aliphatic heterocycles. The Morgan fingerprint density at radius 2 is 1.70 bits per heavy atom. The monoisotopic (exact) mass is 829 g/mol. The fourth-order valence-corrected chi connectivity index (χ4v) is 14.8. The van der Waals surface area contributed by atoms with Crippen molar-refractivity contribution in [2.45, 2.75) is 118 Å². The predicted molar refractivity (Wildman–Crippen MR) is 223 cm³/mol. The number of carbonyl (C=O) groups excluding carboxylic acids is 3. The number of esters is 1. The highest BCUT2D eigenvalue weighted by Gasteiger charge is 2.79. The van der Waals surface area contributed by atoms with Gasteiger partial charge in [-0.15, -0.1) is 0 Å².